The summed E-state index contributed by atoms with van der Waals surface area (Å²) in [6.45, 7) is 3.72. The van der Waals surface area contributed by atoms with Crippen LogP contribution in [-0.4, -0.2) is 34.8 Å². The van der Waals surface area contributed by atoms with Gasteiger partial charge in [0.25, 0.3) is 5.91 Å². The first kappa shape index (κ1) is 17.6. The van der Waals surface area contributed by atoms with E-state index >= 15 is 0 Å². The highest BCUT2D eigenvalue weighted by Gasteiger charge is 2.16. The van der Waals surface area contributed by atoms with Gasteiger partial charge in [0.05, 0.1) is 5.69 Å². The second kappa shape index (κ2) is 6.95. The summed E-state index contributed by atoms with van der Waals surface area (Å²) in [6, 6.07) is 11.5. The normalized spacial score (nSPS) is 10.7. The van der Waals surface area contributed by atoms with Crippen molar-refractivity contribution in [2.24, 2.45) is 0 Å². The Balaban J connectivity index is 1.82. The van der Waals surface area contributed by atoms with E-state index in [1.54, 1.807) is 19.1 Å². The number of halogens is 1. The molecule has 0 fully saturated rings. The van der Waals surface area contributed by atoms with E-state index in [0.717, 1.165) is 11.3 Å². The van der Waals surface area contributed by atoms with Gasteiger partial charge in [0.15, 0.2) is 0 Å². The molecule has 0 aliphatic heterocycles. The summed E-state index contributed by atoms with van der Waals surface area (Å²) < 4.78 is 14.6. The molecule has 0 saturated carbocycles. The Labute approximate surface area is 151 Å². The number of hydrogen-bond acceptors (Lipinski definition) is 4. The number of aromatic nitrogens is 3. The number of benzene rings is 2. The van der Waals surface area contributed by atoms with Crippen molar-refractivity contribution in [2.75, 3.05) is 24.3 Å². The Hall–Kier alpha value is -3.22. The Bertz CT molecular complexity index is 947. The number of aryl methyl sites for hydroxylation is 2. The summed E-state index contributed by atoms with van der Waals surface area (Å²) in [5.74, 6) is -0.131. The van der Waals surface area contributed by atoms with E-state index in [9.17, 15) is 9.18 Å². The average Bonchev–Trinajstić information content (AvgIpc) is 2.97. The molecular weight excluding hydrogens is 333 g/mol. The van der Waals surface area contributed by atoms with Gasteiger partial charge in [-0.3, -0.25) is 4.79 Å². The lowest BCUT2D eigenvalue weighted by molar-refractivity contribution is 0.101. The maximum Gasteiger partial charge on any atom is 0.295 e. The van der Waals surface area contributed by atoms with E-state index in [-0.39, 0.29) is 11.6 Å². The van der Waals surface area contributed by atoms with Crippen molar-refractivity contribution in [2.45, 2.75) is 13.8 Å². The largest absolute Gasteiger partial charge is 0.377 e. The van der Waals surface area contributed by atoms with Gasteiger partial charge in [-0.25, -0.2) is 14.1 Å². The zero-order valence-electron chi connectivity index (χ0n) is 15.1. The fourth-order valence-corrected chi connectivity index (χ4v) is 2.74. The van der Waals surface area contributed by atoms with Gasteiger partial charge >= 0.3 is 0 Å². The van der Waals surface area contributed by atoms with Crippen molar-refractivity contribution in [3.8, 4) is 5.69 Å². The topological polar surface area (TPSA) is 63.1 Å². The van der Waals surface area contributed by atoms with E-state index < -0.39 is 5.91 Å². The van der Waals surface area contributed by atoms with Crippen molar-refractivity contribution in [1.29, 1.82) is 0 Å². The van der Waals surface area contributed by atoms with Crippen molar-refractivity contribution < 1.29 is 9.18 Å². The second-order valence-corrected chi connectivity index (χ2v) is 6.22. The first-order valence-electron chi connectivity index (χ1n) is 8.14. The zero-order chi connectivity index (χ0) is 18.8. The van der Waals surface area contributed by atoms with Crippen LogP contribution in [0, 0.1) is 19.7 Å². The van der Waals surface area contributed by atoms with Crippen molar-refractivity contribution in [3.05, 3.63) is 65.5 Å². The van der Waals surface area contributed by atoms with Gasteiger partial charge in [0.1, 0.15) is 11.6 Å². The summed E-state index contributed by atoms with van der Waals surface area (Å²) in [5, 5.41) is 7.05. The van der Waals surface area contributed by atoms with Gasteiger partial charge in [-0.2, -0.15) is 0 Å². The molecule has 1 N–H and O–H groups in total. The molecule has 0 aliphatic carbocycles. The smallest absolute Gasteiger partial charge is 0.295 e. The maximum absolute atomic E-state index is 13.1. The highest BCUT2D eigenvalue weighted by molar-refractivity contribution is 6.01. The molecule has 0 radical (unpaired) electrons. The zero-order valence-corrected chi connectivity index (χ0v) is 15.1. The molecule has 1 aromatic heterocycles. The van der Waals surface area contributed by atoms with Gasteiger partial charge in [0.2, 0.25) is 5.82 Å². The summed E-state index contributed by atoms with van der Waals surface area (Å²) >= 11 is 0. The number of carbonyl (C=O) groups excluding carboxylic acids is 1. The van der Waals surface area contributed by atoms with Crippen LogP contribution in [0.5, 0.6) is 0 Å². The van der Waals surface area contributed by atoms with Crippen LogP contribution < -0.4 is 10.2 Å². The van der Waals surface area contributed by atoms with Crippen molar-refractivity contribution >= 4 is 17.3 Å². The summed E-state index contributed by atoms with van der Waals surface area (Å²) in [7, 11) is 3.94. The molecule has 2 aromatic carbocycles. The number of nitrogens with zero attached hydrogens (tertiary/aromatic N) is 4. The maximum atomic E-state index is 13.1. The Morgan fingerprint density at radius 1 is 1.12 bits per heavy atom. The van der Waals surface area contributed by atoms with Gasteiger partial charge in [0, 0.05) is 25.5 Å². The van der Waals surface area contributed by atoms with Crippen LogP contribution in [0.15, 0.2) is 42.5 Å². The van der Waals surface area contributed by atoms with Crippen LogP contribution in [0.1, 0.15) is 22.0 Å². The lowest BCUT2D eigenvalue weighted by Gasteiger charge is -2.16. The molecule has 0 unspecified atom stereocenters. The van der Waals surface area contributed by atoms with Crippen molar-refractivity contribution in [1.82, 2.24) is 14.8 Å². The molecule has 3 aromatic rings. The standard InChI is InChI=1S/C19H20FN5O/c1-12-11-15(7-10-17(12)24(3)4)22-19(26)18-21-13(2)25(23-18)16-8-5-14(20)6-9-16/h5-11H,1-4H3,(H,22,26). The minimum absolute atomic E-state index is 0.0566. The molecule has 0 aliphatic rings. The fraction of sp³-hybridized carbons (Fsp3) is 0.211. The Morgan fingerprint density at radius 2 is 1.81 bits per heavy atom. The quantitative estimate of drug-likeness (QED) is 0.781. The first-order chi connectivity index (χ1) is 12.3. The van der Waals surface area contributed by atoms with E-state index in [1.165, 1.54) is 16.8 Å². The van der Waals surface area contributed by atoms with Crippen LogP contribution >= 0.6 is 0 Å². The van der Waals surface area contributed by atoms with E-state index in [0.29, 0.717) is 17.2 Å². The highest BCUT2D eigenvalue weighted by atomic mass is 19.1. The van der Waals surface area contributed by atoms with Crippen molar-refractivity contribution in [3.63, 3.8) is 0 Å². The number of anilines is 2. The molecular formula is C19H20FN5O. The Morgan fingerprint density at radius 3 is 2.42 bits per heavy atom. The van der Waals surface area contributed by atoms with Crippen LogP contribution in [0.25, 0.3) is 5.69 Å². The predicted octanol–water partition coefficient (Wildman–Crippen LogP) is 3.34. The highest BCUT2D eigenvalue weighted by Crippen LogP contribution is 2.22. The van der Waals surface area contributed by atoms with Crippen LogP contribution in [-0.2, 0) is 0 Å². The molecule has 3 rings (SSSR count). The molecule has 7 heteroatoms. The summed E-state index contributed by atoms with van der Waals surface area (Å²) in [6.07, 6.45) is 0. The minimum Gasteiger partial charge on any atom is -0.377 e. The molecule has 0 bridgehead atoms. The predicted molar refractivity (Wildman–Crippen MR) is 99.5 cm³/mol. The third-order valence-electron chi connectivity index (χ3n) is 3.98. The van der Waals surface area contributed by atoms with Crippen LogP contribution in [0.4, 0.5) is 15.8 Å². The molecule has 0 atom stereocenters. The Kier molecular flexibility index (Phi) is 4.71. The molecule has 1 heterocycles. The fourth-order valence-electron chi connectivity index (χ4n) is 2.74. The number of carbonyl (C=O) groups is 1. The SMILES string of the molecule is Cc1cc(NC(=O)c2nc(C)n(-c3ccc(F)cc3)n2)ccc1N(C)C. The van der Waals surface area contributed by atoms with E-state index in [1.807, 2.05) is 44.1 Å². The third kappa shape index (κ3) is 3.56. The molecule has 0 saturated heterocycles. The molecule has 26 heavy (non-hydrogen) atoms. The van der Waals surface area contributed by atoms with Crippen LogP contribution in [0.3, 0.4) is 0 Å². The first-order valence-corrected chi connectivity index (χ1v) is 8.14. The second-order valence-electron chi connectivity index (χ2n) is 6.22. The number of nitrogens with one attached hydrogen (secondary N) is 1. The summed E-state index contributed by atoms with van der Waals surface area (Å²) in [5.41, 5.74) is 3.45. The van der Waals surface area contributed by atoms with Gasteiger partial charge in [-0.15, -0.1) is 5.10 Å². The number of rotatable bonds is 4. The minimum atomic E-state index is -0.397. The molecule has 1 amide bonds. The van der Waals surface area contributed by atoms with E-state index in [4.69, 9.17) is 0 Å². The van der Waals surface area contributed by atoms with Gasteiger partial charge in [-0.05, 0) is 61.9 Å². The molecule has 6 nitrogen and oxygen atoms in total. The third-order valence-corrected chi connectivity index (χ3v) is 3.98. The lowest BCUT2D eigenvalue weighted by atomic mass is 10.1. The molecule has 0 spiro atoms. The van der Waals surface area contributed by atoms with Gasteiger partial charge < -0.3 is 10.2 Å². The van der Waals surface area contributed by atoms with Crippen LogP contribution in [0.2, 0.25) is 0 Å². The average molecular weight is 353 g/mol. The lowest BCUT2D eigenvalue weighted by Crippen LogP contribution is -2.15. The monoisotopic (exact) mass is 353 g/mol. The number of hydrogen-bond donors (Lipinski definition) is 1. The molecule has 134 valence electrons. The van der Waals surface area contributed by atoms with E-state index in [2.05, 4.69) is 15.4 Å². The number of amides is 1. The summed E-state index contributed by atoms with van der Waals surface area (Å²) in [4.78, 5) is 18.7. The van der Waals surface area contributed by atoms with Gasteiger partial charge in [-0.1, -0.05) is 0 Å².